The van der Waals surface area contributed by atoms with Crippen LogP contribution < -0.4 is 11.1 Å². The summed E-state index contributed by atoms with van der Waals surface area (Å²) in [4.78, 5) is 15.2. The van der Waals surface area contributed by atoms with Gasteiger partial charge in [0.25, 0.3) is 0 Å². The van der Waals surface area contributed by atoms with Crippen LogP contribution in [0.5, 0.6) is 0 Å². The van der Waals surface area contributed by atoms with Gasteiger partial charge in [0.2, 0.25) is 0 Å². The molecule has 1 heterocycles. The zero-order valence-electron chi connectivity index (χ0n) is 10.3. The van der Waals surface area contributed by atoms with Gasteiger partial charge in [0.05, 0.1) is 24.6 Å². The molecule has 0 aromatic carbocycles. The molecule has 0 unspecified atom stereocenters. The van der Waals surface area contributed by atoms with Gasteiger partial charge in [-0.1, -0.05) is 0 Å². The predicted octanol–water partition coefficient (Wildman–Crippen LogP) is 2.20. The van der Waals surface area contributed by atoms with Gasteiger partial charge < -0.3 is 15.8 Å². The molecular weight excluding hydrogens is 263 g/mol. The van der Waals surface area contributed by atoms with Crippen molar-refractivity contribution in [3.05, 3.63) is 17.8 Å². The molecule has 5 nitrogen and oxygen atoms in total. The number of nitrogens with two attached hydrogens (primary N) is 1. The third kappa shape index (κ3) is 5.02. The molecule has 0 aliphatic rings. The SMILES string of the molecule is COC(=O)c1cc(NCCCC(F)(F)F)ncc1N. The predicted molar refractivity (Wildman–Crippen MR) is 63.8 cm³/mol. The van der Waals surface area contributed by atoms with Crippen LogP contribution >= 0.6 is 0 Å². The number of methoxy groups -OCH3 is 1. The smallest absolute Gasteiger partial charge is 0.389 e. The molecule has 0 atom stereocenters. The van der Waals surface area contributed by atoms with Crippen molar-refractivity contribution in [2.24, 2.45) is 0 Å². The van der Waals surface area contributed by atoms with Crippen molar-refractivity contribution in [3.8, 4) is 0 Å². The molecule has 0 aliphatic heterocycles. The molecule has 0 aliphatic carbocycles. The summed E-state index contributed by atoms with van der Waals surface area (Å²) in [5.74, 6) is -0.352. The van der Waals surface area contributed by atoms with Crippen molar-refractivity contribution < 1.29 is 22.7 Å². The van der Waals surface area contributed by atoms with Crippen molar-refractivity contribution in [2.75, 3.05) is 24.7 Å². The molecule has 3 N–H and O–H groups in total. The summed E-state index contributed by atoms with van der Waals surface area (Å²) >= 11 is 0. The van der Waals surface area contributed by atoms with Crippen molar-refractivity contribution in [2.45, 2.75) is 19.0 Å². The van der Waals surface area contributed by atoms with E-state index in [1.54, 1.807) is 0 Å². The summed E-state index contributed by atoms with van der Waals surface area (Å²) in [7, 11) is 1.21. The fourth-order valence-electron chi connectivity index (χ4n) is 1.35. The van der Waals surface area contributed by atoms with Crippen LogP contribution in [-0.4, -0.2) is 30.8 Å². The number of esters is 1. The van der Waals surface area contributed by atoms with E-state index in [2.05, 4.69) is 15.0 Å². The number of alkyl halides is 3. The van der Waals surface area contributed by atoms with Crippen LogP contribution in [0.15, 0.2) is 12.3 Å². The van der Waals surface area contributed by atoms with Crippen LogP contribution in [-0.2, 0) is 4.74 Å². The number of hydrogen-bond acceptors (Lipinski definition) is 5. The summed E-state index contributed by atoms with van der Waals surface area (Å²) in [6, 6.07) is 1.34. The van der Waals surface area contributed by atoms with Crippen LogP contribution in [0.4, 0.5) is 24.7 Å². The lowest BCUT2D eigenvalue weighted by atomic mass is 10.2. The number of nitrogen functional groups attached to an aromatic ring is 1. The largest absolute Gasteiger partial charge is 0.465 e. The number of halogens is 3. The minimum absolute atomic E-state index is 0.0802. The van der Waals surface area contributed by atoms with Crippen LogP contribution in [0.1, 0.15) is 23.2 Å². The number of pyridine rings is 1. The minimum atomic E-state index is -4.17. The Morgan fingerprint density at radius 2 is 2.21 bits per heavy atom. The number of nitrogens with one attached hydrogen (secondary N) is 1. The van der Waals surface area contributed by atoms with E-state index in [9.17, 15) is 18.0 Å². The number of hydrogen-bond donors (Lipinski definition) is 2. The van der Waals surface area contributed by atoms with Crippen LogP contribution in [0, 0.1) is 0 Å². The van der Waals surface area contributed by atoms with Gasteiger partial charge >= 0.3 is 12.1 Å². The molecular formula is C11H14F3N3O2. The number of rotatable bonds is 5. The van der Waals surface area contributed by atoms with Gasteiger partial charge in [-0.05, 0) is 12.5 Å². The van der Waals surface area contributed by atoms with E-state index in [1.165, 1.54) is 19.4 Å². The average Bonchev–Trinajstić information content (AvgIpc) is 2.34. The standard InChI is InChI=1S/C11H14F3N3O2/c1-19-10(18)7-5-9(17-6-8(7)15)16-4-2-3-11(12,13)14/h5-6H,2-4,15H2,1H3,(H,16,17). The average molecular weight is 277 g/mol. The highest BCUT2D eigenvalue weighted by Gasteiger charge is 2.25. The maximum absolute atomic E-state index is 11.9. The van der Waals surface area contributed by atoms with Gasteiger partial charge in [0, 0.05) is 13.0 Å². The Kier molecular flexibility index (Phi) is 4.96. The Bertz CT molecular complexity index is 449. The summed E-state index contributed by atoms with van der Waals surface area (Å²) in [6.07, 6.45) is -3.88. The van der Waals surface area contributed by atoms with Crippen molar-refractivity contribution in [1.82, 2.24) is 4.98 Å². The molecule has 0 saturated carbocycles. The second-order valence-corrected chi connectivity index (χ2v) is 3.79. The molecule has 0 spiro atoms. The normalized spacial score (nSPS) is 11.2. The quantitative estimate of drug-likeness (QED) is 0.637. The van der Waals surface area contributed by atoms with Crippen molar-refractivity contribution in [1.29, 1.82) is 0 Å². The van der Waals surface area contributed by atoms with Crippen molar-refractivity contribution >= 4 is 17.5 Å². The first-order chi connectivity index (χ1) is 8.83. The summed E-state index contributed by atoms with van der Waals surface area (Å²) in [5, 5.41) is 2.69. The minimum Gasteiger partial charge on any atom is -0.465 e. The van der Waals surface area contributed by atoms with Gasteiger partial charge in [-0.25, -0.2) is 9.78 Å². The number of carbonyl (C=O) groups is 1. The van der Waals surface area contributed by atoms with Gasteiger partial charge in [-0.3, -0.25) is 0 Å². The van der Waals surface area contributed by atoms with Gasteiger partial charge in [-0.2, -0.15) is 13.2 Å². The monoisotopic (exact) mass is 277 g/mol. The molecule has 0 saturated heterocycles. The van der Waals surface area contributed by atoms with Gasteiger partial charge in [-0.15, -0.1) is 0 Å². The number of aromatic nitrogens is 1. The van der Waals surface area contributed by atoms with Crippen LogP contribution in [0.2, 0.25) is 0 Å². The van der Waals surface area contributed by atoms with Crippen LogP contribution in [0.3, 0.4) is 0 Å². The van der Waals surface area contributed by atoms with E-state index in [0.717, 1.165) is 0 Å². The third-order valence-corrected chi connectivity index (χ3v) is 2.28. The molecule has 0 bridgehead atoms. The van der Waals surface area contributed by atoms with E-state index in [4.69, 9.17) is 5.73 Å². The second-order valence-electron chi connectivity index (χ2n) is 3.79. The lowest BCUT2D eigenvalue weighted by Crippen LogP contribution is -2.12. The maximum atomic E-state index is 11.9. The second kappa shape index (κ2) is 6.26. The first-order valence-corrected chi connectivity index (χ1v) is 5.48. The molecule has 0 radical (unpaired) electrons. The molecule has 1 aromatic rings. The zero-order valence-corrected chi connectivity index (χ0v) is 10.3. The van der Waals surface area contributed by atoms with Gasteiger partial charge in [0.1, 0.15) is 5.82 Å². The summed E-state index contributed by atoms with van der Waals surface area (Å²) < 4.78 is 40.3. The molecule has 0 amide bonds. The number of ether oxygens (including phenoxy) is 1. The molecule has 19 heavy (non-hydrogen) atoms. The Labute approximate surface area is 108 Å². The first kappa shape index (κ1) is 15.1. The fraction of sp³-hybridized carbons (Fsp3) is 0.455. The van der Waals surface area contributed by atoms with E-state index in [0.29, 0.717) is 0 Å². The van der Waals surface area contributed by atoms with E-state index < -0.39 is 18.6 Å². The lowest BCUT2D eigenvalue weighted by molar-refractivity contribution is -0.134. The highest BCUT2D eigenvalue weighted by Crippen LogP contribution is 2.21. The third-order valence-electron chi connectivity index (χ3n) is 2.28. The highest BCUT2D eigenvalue weighted by atomic mass is 19.4. The number of nitrogens with zero attached hydrogens (tertiary/aromatic N) is 1. The molecule has 1 aromatic heterocycles. The van der Waals surface area contributed by atoms with E-state index in [1.807, 2.05) is 0 Å². The molecule has 1 rings (SSSR count). The Balaban J connectivity index is 2.58. The van der Waals surface area contributed by atoms with E-state index in [-0.39, 0.29) is 30.0 Å². The maximum Gasteiger partial charge on any atom is 0.389 e. The molecule has 106 valence electrons. The van der Waals surface area contributed by atoms with Crippen molar-refractivity contribution in [3.63, 3.8) is 0 Å². The molecule has 0 fully saturated rings. The Morgan fingerprint density at radius 1 is 1.53 bits per heavy atom. The molecule has 8 heteroatoms. The Morgan fingerprint density at radius 3 is 2.79 bits per heavy atom. The number of carbonyl (C=O) groups excluding carboxylic acids is 1. The lowest BCUT2D eigenvalue weighted by Gasteiger charge is -2.09. The topological polar surface area (TPSA) is 77.2 Å². The van der Waals surface area contributed by atoms with Gasteiger partial charge in [0.15, 0.2) is 0 Å². The summed E-state index contributed by atoms with van der Waals surface area (Å²) in [5.41, 5.74) is 5.81. The first-order valence-electron chi connectivity index (χ1n) is 5.48. The highest BCUT2D eigenvalue weighted by molar-refractivity contribution is 5.95. The van der Waals surface area contributed by atoms with Crippen LogP contribution in [0.25, 0.3) is 0 Å². The van der Waals surface area contributed by atoms with E-state index >= 15 is 0 Å². The summed E-state index contributed by atoms with van der Waals surface area (Å²) in [6.45, 7) is 0.0943. The fourth-order valence-corrected chi connectivity index (χ4v) is 1.35. The zero-order chi connectivity index (χ0) is 14.5. The Hall–Kier alpha value is -1.99. The number of anilines is 2.